The van der Waals surface area contributed by atoms with Gasteiger partial charge in [-0.25, -0.2) is 0 Å². The molecule has 0 saturated heterocycles. The fourth-order valence-electron chi connectivity index (χ4n) is 1.24. The van der Waals surface area contributed by atoms with E-state index in [0.29, 0.717) is 19.1 Å². The van der Waals surface area contributed by atoms with Gasteiger partial charge in [0, 0.05) is 31.9 Å². The molecule has 0 N–H and O–H groups in total. The molecule has 1 rings (SSSR count). The van der Waals surface area contributed by atoms with Crippen LogP contribution in [0.5, 0.6) is 5.75 Å². The molecule has 0 bridgehead atoms. The predicted molar refractivity (Wildman–Crippen MR) is 71.9 cm³/mol. The minimum Gasteiger partial charge on any atom is -0.493 e. The fourth-order valence-corrected chi connectivity index (χ4v) is 1.50. The molecule has 1 heterocycles. The Morgan fingerprint density at radius 3 is 2.59 bits per heavy atom. The average molecular weight is 260 g/mol. The van der Waals surface area contributed by atoms with Crippen LogP contribution in [0.2, 0.25) is 0 Å². The lowest BCUT2D eigenvalue weighted by Gasteiger charge is -2.10. The highest BCUT2D eigenvalue weighted by Gasteiger charge is 2.04. The molecule has 0 unspecified atom stereocenters. The second-order valence-electron chi connectivity index (χ2n) is 3.21. The zero-order valence-corrected chi connectivity index (χ0v) is 11.9. The Balaban J connectivity index is 0.00000121. The molecule has 0 spiro atoms. The maximum absolute atomic E-state index is 5.75. The Hall–Kier alpha value is -0.800. The molecule has 3 nitrogen and oxygen atoms in total. The van der Waals surface area contributed by atoms with E-state index >= 15 is 0 Å². The maximum atomic E-state index is 5.75. The lowest BCUT2D eigenvalue weighted by Crippen LogP contribution is -2.03. The molecular weight excluding hydrogens is 238 g/mol. The van der Waals surface area contributed by atoms with Gasteiger partial charge in [-0.05, 0) is 13.0 Å². The van der Waals surface area contributed by atoms with Gasteiger partial charge in [0.15, 0.2) is 0 Å². The first-order valence-electron chi connectivity index (χ1n) is 5.91. The van der Waals surface area contributed by atoms with E-state index < -0.39 is 0 Å². The lowest BCUT2D eigenvalue weighted by atomic mass is 10.2. The number of halogens is 1. The van der Waals surface area contributed by atoms with Crippen LogP contribution in [0.15, 0.2) is 12.3 Å². The van der Waals surface area contributed by atoms with Crippen molar-refractivity contribution in [2.45, 2.75) is 33.1 Å². The van der Waals surface area contributed by atoms with E-state index in [1.165, 1.54) is 0 Å². The van der Waals surface area contributed by atoms with Crippen LogP contribution in [0.3, 0.4) is 0 Å². The van der Waals surface area contributed by atoms with E-state index in [4.69, 9.17) is 21.1 Å². The average Bonchev–Trinajstić information content (AvgIpc) is 2.39. The highest BCUT2D eigenvalue weighted by atomic mass is 35.5. The van der Waals surface area contributed by atoms with E-state index in [9.17, 15) is 0 Å². The molecule has 0 fully saturated rings. The topological polar surface area (TPSA) is 31.4 Å². The molecule has 17 heavy (non-hydrogen) atoms. The smallest absolute Gasteiger partial charge is 0.125 e. The quantitative estimate of drug-likeness (QED) is 0.578. The van der Waals surface area contributed by atoms with Crippen molar-refractivity contribution < 1.29 is 9.47 Å². The van der Waals surface area contributed by atoms with E-state index in [0.717, 1.165) is 23.4 Å². The number of hydrogen-bond donors (Lipinski definition) is 0. The van der Waals surface area contributed by atoms with Gasteiger partial charge in [0.05, 0.1) is 18.2 Å². The van der Waals surface area contributed by atoms with Crippen molar-refractivity contribution in [1.82, 2.24) is 4.98 Å². The van der Waals surface area contributed by atoms with Crippen LogP contribution in [-0.2, 0) is 10.6 Å². The number of nitrogens with zero attached hydrogens (tertiary/aromatic N) is 1. The van der Waals surface area contributed by atoms with Gasteiger partial charge in [0.25, 0.3) is 0 Å². The number of methoxy groups -OCH3 is 1. The Kier molecular flexibility index (Phi) is 9.87. The summed E-state index contributed by atoms with van der Waals surface area (Å²) in [6.07, 6.45) is 2.60. The largest absolute Gasteiger partial charge is 0.493 e. The van der Waals surface area contributed by atoms with Crippen molar-refractivity contribution in [1.29, 1.82) is 0 Å². The van der Waals surface area contributed by atoms with Gasteiger partial charge in [-0.15, -0.1) is 11.6 Å². The number of rotatable bonds is 6. The molecule has 1 aromatic rings. The number of aromatic nitrogens is 1. The first kappa shape index (κ1) is 16.2. The van der Waals surface area contributed by atoms with E-state index in [1.807, 2.05) is 26.8 Å². The number of hydrogen-bond acceptors (Lipinski definition) is 3. The van der Waals surface area contributed by atoms with Crippen molar-refractivity contribution in [2.75, 3.05) is 20.3 Å². The van der Waals surface area contributed by atoms with Gasteiger partial charge in [-0.2, -0.15) is 0 Å². The van der Waals surface area contributed by atoms with Crippen molar-refractivity contribution in [2.24, 2.45) is 0 Å². The Labute approximate surface area is 109 Å². The monoisotopic (exact) mass is 259 g/mol. The van der Waals surface area contributed by atoms with Crippen LogP contribution in [0.25, 0.3) is 0 Å². The Morgan fingerprint density at radius 2 is 2.00 bits per heavy atom. The summed E-state index contributed by atoms with van der Waals surface area (Å²) in [7, 11) is 1.68. The molecule has 98 valence electrons. The molecule has 0 saturated carbocycles. The highest BCUT2D eigenvalue weighted by molar-refractivity contribution is 6.17. The molecule has 4 heteroatoms. The molecule has 1 aromatic heterocycles. The summed E-state index contributed by atoms with van der Waals surface area (Å²) in [5, 5.41) is 0. The highest BCUT2D eigenvalue weighted by Crippen LogP contribution is 2.20. The zero-order valence-electron chi connectivity index (χ0n) is 11.1. The van der Waals surface area contributed by atoms with Gasteiger partial charge in [-0.3, -0.25) is 4.98 Å². The standard InChI is InChI=1S/C11H16ClNO2.C2H6/c1-9-10(8-12)13-5-4-11(9)15-7-3-6-14-2;1-2/h4-5H,3,6-8H2,1-2H3;1-2H3. The Morgan fingerprint density at radius 1 is 1.29 bits per heavy atom. The first-order chi connectivity index (χ1) is 8.29. The number of alkyl halides is 1. The second kappa shape index (κ2) is 10.4. The minimum atomic E-state index is 0.418. The lowest BCUT2D eigenvalue weighted by molar-refractivity contribution is 0.172. The summed E-state index contributed by atoms with van der Waals surface area (Å²) in [6.45, 7) is 7.34. The van der Waals surface area contributed by atoms with Gasteiger partial charge in [-0.1, -0.05) is 13.8 Å². The first-order valence-corrected chi connectivity index (χ1v) is 6.45. The zero-order chi connectivity index (χ0) is 13.1. The summed E-state index contributed by atoms with van der Waals surface area (Å²) in [5.74, 6) is 1.28. The van der Waals surface area contributed by atoms with Crippen LogP contribution < -0.4 is 4.74 Å². The number of ether oxygens (including phenoxy) is 2. The van der Waals surface area contributed by atoms with Crippen molar-refractivity contribution >= 4 is 11.6 Å². The predicted octanol–water partition coefficient (Wildman–Crippen LogP) is 3.57. The summed E-state index contributed by atoms with van der Waals surface area (Å²) < 4.78 is 10.5. The fraction of sp³-hybridized carbons (Fsp3) is 0.615. The van der Waals surface area contributed by atoms with Crippen molar-refractivity contribution in [3.05, 3.63) is 23.5 Å². The third kappa shape index (κ3) is 5.89. The summed E-state index contributed by atoms with van der Waals surface area (Å²) in [4.78, 5) is 4.17. The van der Waals surface area contributed by atoms with Gasteiger partial charge in [0.2, 0.25) is 0 Å². The number of pyridine rings is 1. The molecule has 0 aliphatic carbocycles. The van der Waals surface area contributed by atoms with Crippen molar-refractivity contribution in [3.63, 3.8) is 0 Å². The molecule has 0 atom stereocenters. The molecular formula is C13H22ClNO2. The normalized spacial score (nSPS) is 9.47. The maximum Gasteiger partial charge on any atom is 0.125 e. The Bertz CT molecular complexity index is 305. The third-order valence-electron chi connectivity index (χ3n) is 2.14. The summed E-state index contributed by atoms with van der Waals surface area (Å²) in [5.41, 5.74) is 1.89. The van der Waals surface area contributed by atoms with E-state index in [2.05, 4.69) is 4.98 Å². The van der Waals surface area contributed by atoms with Crippen LogP contribution in [0, 0.1) is 6.92 Å². The van der Waals surface area contributed by atoms with Crippen LogP contribution in [0.4, 0.5) is 0 Å². The molecule has 0 aliphatic rings. The summed E-state index contributed by atoms with van der Waals surface area (Å²) >= 11 is 5.75. The van der Waals surface area contributed by atoms with Crippen molar-refractivity contribution in [3.8, 4) is 5.75 Å². The van der Waals surface area contributed by atoms with Gasteiger partial charge >= 0.3 is 0 Å². The van der Waals surface area contributed by atoms with Crippen LogP contribution >= 0.6 is 11.6 Å². The van der Waals surface area contributed by atoms with E-state index in [-0.39, 0.29) is 0 Å². The second-order valence-corrected chi connectivity index (χ2v) is 3.48. The van der Waals surface area contributed by atoms with Gasteiger partial charge in [0.1, 0.15) is 5.75 Å². The molecule has 0 radical (unpaired) electrons. The van der Waals surface area contributed by atoms with Crippen LogP contribution in [0.1, 0.15) is 31.5 Å². The molecule has 0 aliphatic heterocycles. The summed E-state index contributed by atoms with van der Waals surface area (Å²) in [6, 6.07) is 1.86. The van der Waals surface area contributed by atoms with Crippen LogP contribution in [-0.4, -0.2) is 25.3 Å². The SMILES string of the molecule is CC.COCCCOc1ccnc(CCl)c1C. The third-order valence-corrected chi connectivity index (χ3v) is 2.39. The molecule has 0 amide bonds. The van der Waals surface area contributed by atoms with Gasteiger partial charge < -0.3 is 9.47 Å². The molecule has 0 aromatic carbocycles. The minimum absolute atomic E-state index is 0.418. The van der Waals surface area contributed by atoms with E-state index in [1.54, 1.807) is 13.3 Å².